The van der Waals surface area contributed by atoms with Crippen molar-refractivity contribution in [2.24, 2.45) is 4.99 Å². The van der Waals surface area contributed by atoms with Crippen molar-refractivity contribution < 1.29 is 23.4 Å². The molecular formula is C25H19ClFNO4. The second-order valence-corrected chi connectivity index (χ2v) is 7.29. The van der Waals surface area contributed by atoms with Crippen LogP contribution < -0.4 is 9.47 Å². The molecule has 3 aromatic rings. The molecule has 1 aliphatic rings. The molecule has 0 aliphatic carbocycles. The highest BCUT2D eigenvalue weighted by Crippen LogP contribution is 2.38. The van der Waals surface area contributed by atoms with Gasteiger partial charge in [0.2, 0.25) is 5.90 Å². The van der Waals surface area contributed by atoms with E-state index in [-0.39, 0.29) is 29.0 Å². The van der Waals surface area contributed by atoms with Gasteiger partial charge in [-0.3, -0.25) is 0 Å². The summed E-state index contributed by atoms with van der Waals surface area (Å²) in [5.41, 5.74) is 2.11. The quantitative estimate of drug-likeness (QED) is 0.336. The molecule has 3 aromatic carbocycles. The van der Waals surface area contributed by atoms with Crippen LogP contribution in [0.1, 0.15) is 23.6 Å². The summed E-state index contributed by atoms with van der Waals surface area (Å²) in [6.45, 7) is 2.33. The molecule has 0 aromatic heterocycles. The normalized spacial score (nSPS) is 14.3. The summed E-state index contributed by atoms with van der Waals surface area (Å²) in [5, 5.41) is 0.290. The van der Waals surface area contributed by atoms with E-state index in [4.69, 9.17) is 25.8 Å². The van der Waals surface area contributed by atoms with Gasteiger partial charge in [-0.25, -0.2) is 14.2 Å². The van der Waals surface area contributed by atoms with Gasteiger partial charge in [0.15, 0.2) is 17.2 Å². The van der Waals surface area contributed by atoms with E-state index in [0.717, 1.165) is 0 Å². The van der Waals surface area contributed by atoms with Gasteiger partial charge in [0.1, 0.15) is 12.4 Å². The predicted octanol–water partition coefficient (Wildman–Crippen LogP) is 5.80. The number of nitrogens with zero attached hydrogens (tertiary/aromatic N) is 1. The van der Waals surface area contributed by atoms with Crippen LogP contribution in [0.4, 0.5) is 4.39 Å². The number of carbonyl (C=O) groups is 1. The van der Waals surface area contributed by atoms with Crippen LogP contribution >= 0.6 is 11.6 Å². The van der Waals surface area contributed by atoms with Gasteiger partial charge in [-0.15, -0.1) is 0 Å². The molecule has 1 aliphatic heterocycles. The van der Waals surface area contributed by atoms with Crippen LogP contribution in [-0.4, -0.2) is 18.5 Å². The molecule has 162 valence electrons. The first-order chi connectivity index (χ1) is 15.5. The molecule has 0 spiro atoms. The van der Waals surface area contributed by atoms with Crippen molar-refractivity contribution in [2.45, 2.75) is 13.5 Å². The summed E-state index contributed by atoms with van der Waals surface area (Å²) < 4.78 is 30.2. The molecule has 32 heavy (non-hydrogen) atoms. The Morgan fingerprint density at radius 3 is 2.62 bits per heavy atom. The summed E-state index contributed by atoms with van der Waals surface area (Å²) in [6, 6.07) is 18.6. The molecule has 5 nitrogen and oxygen atoms in total. The van der Waals surface area contributed by atoms with Gasteiger partial charge in [-0.2, -0.15) is 0 Å². The Balaban J connectivity index is 1.61. The van der Waals surface area contributed by atoms with E-state index in [1.54, 1.807) is 30.3 Å². The van der Waals surface area contributed by atoms with Crippen molar-refractivity contribution in [3.05, 3.63) is 100.0 Å². The lowest BCUT2D eigenvalue weighted by molar-refractivity contribution is -0.129. The maximum Gasteiger partial charge on any atom is 0.363 e. The molecule has 0 N–H and O–H groups in total. The van der Waals surface area contributed by atoms with Crippen molar-refractivity contribution in [1.82, 2.24) is 0 Å². The van der Waals surface area contributed by atoms with Gasteiger partial charge >= 0.3 is 5.97 Å². The number of esters is 1. The fourth-order valence-corrected chi connectivity index (χ4v) is 3.40. The second kappa shape index (κ2) is 9.66. The van der Waals surface area contributed by atoms with Gasteiger partial charge in [-0.05, 0) is 60.5 Å². The molecule has 0 atom stereocenters. The summed E-state index contributed by atoms with van der Waals surface area (Å²) >= 11 is 6.45. The van der Waals surface area contributed by atoms with Gasteiger partial charge < -0.3 is 14.2 Å². The van der Waals surface area contributed by atoms with Crippen LogP contribution in [0.3, 0.4) is 0 Å². The van der Waals surface area contributed by atoms with E-state index in [1.807, 2.05) is 37.3 Å². The number of rotatable bonds is 7. The van der Waals surface area contributed by atoms with Gasteiger partial charge in [-0.1, -0.05) is 41.9 Å². The third kappa shape index (κ3) is 4.98. The van der Waals surface area contributed by atoms with E-state index in [2.05, 4.69) is 4.99 Å². The predicted molar refractivity (Wildman–Crippen MR) is 120 cm³/mol. The minimum absolute atomic E-state index is 0.120. The summed E-state index contributed by atoms with van der Waals surface area (Å²) in [6.07, 6.45) is 1.57. The topological polar surface area (TPSA) is 57.1 Å². The van der Waals surface area contributed by atoms with Gasteiger partial charge in [0.05, 0.1) is 11.6 Å². The number of hydrogen-bond acceptors (Lipinski definition) is 5. The molecule has 0 bridgehead atoms. The minimum Gasteiger partial charge on any atom is -0.490 e. The van der Waals surface area contributed by atoms with Gasteiger partial charge in [0, 0.05) is 5.56 Å². The highest BCUT2D eigenvalue weighted by molar-refractivity contribution is 6.32. The third-order valence-corrected chi connectivity index (χ3v) is 4.83. The fraction of sp³-hybridized carbons (Fsp3) is 0.120. The number of hydrogen-bond donors (Lipinski definition) is 0. The zero-order valence-corrected chi connectivity index (χ0v) is 17.9. The third-order valence-electron chi connectivity index (χ3n) is 4.55. The highest BCUT2D eigenvalue weighted by atomic mass is 35.5. The van der Waals surface area contributed by atoms with Crippen LogP contribution in [0.25, 0.3) is 6.08 Å². The van der Waals surface area contributed by atoms with Crippen LogP contribution in [0.2, 0.25) is 5.02 Å². The van der Waals surface area contributed by atoms with Crippen molar-refractivity contribution in [2.75, 3.05) is 6.61 Å². The van der Waals surface area contributed by atoms with Crippen LogP contribution in [0.15, 0.2) is 77.4 Å². The smallest absolute Gasteiger partial charge is 0.363 e. The Kier molecular flexibility index (Phi) is 6.52. The summed E-state index contributed by atoms with van der Waals surface area (Å²) in [5.74, 6) is 0.0877. The van der Waals surface area contributed by atoms with Crippen molar-refractivity contribution in [1.29, 1.82) is 0 Å². The Labute approximate surface area is 189 Å². The van der Waals surface area contributed by atoms with Crippen LogP contribution in [-0.2, 0) is 16.1 Å². The molecule has 0 unspecified atom stereocenters. The van der Waals surface area contributed by atoms with E-state index < -0.39 is 5.97 Å². The van der Waals surface area contributed by atoms with E-state index >= 15 is 0 Å². The molecule has 0 radical (unpaired) electrons. The molecule has 7 heteroatoms. The Bertz CT molecular complexity index is 1210. The van der Waals surface area contributed by atoms with Crippen LogP contribution in [0.5, 0.6) is 11.5 Å². The molecule has 4 rings (SSSR count). The van der Waals surface area contributed by atoms with E-state index in [1.165, 1.54) is 12.1 Å². The first kappa shape index (κ1) is 21.6. The molecule has 0 amide bonds. The largest absolute Gasteiger partial charge is 0.490 e. The second-order valence-electron chi connectivity index (χ2n) is 6.88. The highest BCUT2D eigenvalue weighted by Gasteiger charge is 2.24. The standard InChI is InChI=1S/C25H19ClFNO4/c1-2-30-22-14-17(12-20(26)23(22)31-15-16-7-6-10-19(27)11-16)13-21-25(29)32-24(28-21)18-8-4-3-5-9-18/h3-14H,2,15H2,1H3/b21-13+. The van der Waals surface area contributed by atoms with Crippen molar-refractivity contribution >= 4 is 29.5 Å². The maximum atomic E-state index is 13.4. The average molecular weight is 452 g/mol. The lowest BCUT2D eigenvalue weighted by Gasteiger charge is -2.14. The zero-order chi connectivity index (χ0) is 22.5. The average Bonchev–Trinajstić information content (AvgIpc) is 3.14. The number of ether oxygens (including phenoxy) is 3. The fourth-order valence-electron chi connectivity index (χ4n) is 3.13. The molecule has 0 saturated heterocycles. The van der Waals surface area contributed by atoms with Crippen LogP contribution in [0, 0.1) is 5.82 Å². The van der Waals surface area contributed by atoms with Gasteiger partial charge in [0.25, 0.3) is 0 Å². The Hall–Kier alpha value is -3.64. The van der Waals surface area contributed by atoms with E-state index in [0.29, 0.717) is 34.8 Å². The lowest BCUT2D eigenvalue weighted by Crippen LogP contribution is -2.05. The Morgan fingerprint density at radius 1 is 1.06 bits per heavy atom. The zero-order valence-electron chi connectivity index (χ0n) is 17.2. The first-order valence-corrected chi connectivity index (χ1v) is 10.3. The van der Waals surface area contributed by atoms with Crippen molar-refractivity contribution in [3.8, 4) is 11.5 Å². The minimum atomic E-state index is -0.552. The lowest BCUT2D eigenvalue weighted by atomic mass is 10.1. The number of aliphatic imine (C=N–C) groups is 1. The molecule has 0 fully saturated rings. The van der Waals surface area contributed by atoms with Crippen molar-refractivity contribution in [3.63, 3.8) is 0 Å². The summed E-state index contributed by atoms with van der Waals surface area (Å²) in [7, 11) is 0. The number of halogens is 2. The molecule has 0 saturated carbocycles. The molecule has 1 heterocycles. The maximum absolute atomic E-state index is 13.4. The SMILES string of the molecule is CCOc1cc(/C=C2/N=C(c3ccccc3)OC2=O)cc(Cl)c1OCc1cccc(F)c1. The number of carbonyl (C=O) groups excluding carboxylic acids is 1. The van der Waals surface area contributed by atoms with E-state index in [9.17, 15) is 9.18 Å². The molecular weight excluding hydrogens is 433 g/mol. The monoisotopic (exact) mass is 451 g/mol. The number of cyclic esters (lactones) is 1. The number of benzene rings is 3. The summed E-state index contributed by atoms with van der Waals surface area (Å²) in [4.78, 5) is 16.6. The first-order valence-electron chi connectivity index (χ1n) is 9.95. The Morgan fingerprint density at radius 2 is 1.88 bits per heavy atom.